The van der Waals surface area contributed by atoms with E-state index in [1.807, 2.05) is 37.1 Å². The summed E-state index contributed by atoms with van der Waals surface area (Å²) in [6.45, 7) is 9.72. The van der Waals surface area contributed by atoms with Crippen molar-refractivity contribution in [3.8, 4) is 0 Å². The third kappa shape index (κ3) is 5.05. The van der Waals surface area contributed by atoms with Crippen molar-refractivity contribution in [2.45, 2.75) is 39.0 Å². The Labute approximate surface area is 162 Å². The van der Waals surface area contributed by atoms with Gasteiger partial charge in [0.25, 0.3) is 0 Å². The molecule has 8 heteroatoms. The van der Waals surface area contributed by atoms with E-state index < -0.39 is 14.6 Å². The molecule has 0 amide bonds. The van der Waals surface area contributed by atoms with E-state index in [4.69, 9.17) is 0 Å². The number of guanidine groups is 1. The first-order chi connectivity index (χ1) is 10.7. The van der Waals surface area contributed by atoms with Gasteiger partial charge in [0.15, 0.2) is 15.8 Å². The fourth-order valence-electron chi connectivity index (χ4n) is 2.51. The van der Waals surface area contributed by atoms with Gasteiger partial charge in [-0.15, -0.1) is 24.0 Å². The van der Waals surface area contributed by atoms with Crippen molar-refractivity contribution in [2.24, 2.45) is 4.99 Å². The zero-order chi connectivity index (χ0) is 17.1. The van der Waals surface area contributed by atoms with Crippen molar-refractivity contribution in [1.82, 2.24) is 15.2 Å². The molecule has 2 rings (SSSR count). The quantitative estimate of drug-likeness (QED) is 0.419. The number of aryl methyl sites for hydroxylation is 1. The Balaban J connectivity index is 0.00000288. The minimum absolute atomic E-state index is 0. The van der Waals surface area contributed by atoms with Crippen molar-refractivity contribution in [3.05, 3.63) is 29.6 Å². The molecule has 0 unspecified atom stereocenters. The van der Waals surface area contributed by atoms with E-state index in [-0.39, 0.29) is 29.7 Å². The second kappa shape index (κ2) is 8.46. The first-order valence-electron chi connectivity index (χ1n) is 7.92. The van der Waals surface area contributed by atoms with Crippen molar-refractivity contribution < 1.29 is 8.42 Å². The third-order valence-electron chi connectivity index (χ3n) is 4.06. The van der Waals surface area contributed by atoms with Crippen LogP contribution in [-0.2, 0) is 16.4 Å². The Kier molecular flexibility index (Phi) is 7.45. The standard InChI is InChI=1S/C16H26N4O2S.HI/c1-5-17-15(19-11-14-7-6-13(2)18-10-14)20-8-9-23(21,22)16(3,4)12-20;/h6-7,10H,5,8-9,11-12H2,1-4H3,(H,17,19);1H. The minimum atomic E-state index is -3.05. The molecule has 1 saturated heterocycles. The largest absolute Gasteiger partial charge is 0.357 e. The Morgan fingerprint density at radius 1 is 1.42 bits per heavy atom. The van der Waals surface area contributed by atoms with Crippen LogP contribution in [-0.4, -0.2) is 54.4 Å². The lowest BCUT2D eigenvalue weighted by molar-refractivity contribution is 0.353. The van der Waals surface area contributed by atoms with E-state index in [0.29, 0.717) is 19.6 Å². The zero-order valence-corrected chi connectivity index (χ0v) is 17.9. The number of hydrogen-bond donors (Lipinski definition) is 1. The average Bonchev–Trinajstić information content (AvgIpc) is 2.48. The fraction of sp³-hybridized carbons (Fsp3) is 0.625. The van der Waals surface area contributed by atoms with Crippen LogP contribution in [0, 0.1) is 6.92 Å². The monoisotopic (exact) mass is 466 g/mol. The SMILES string of the molecule is CCNC(=NCc1ccc(C)nc1)N1CCS(=O)(=O)C(C)(C)C1.I. The molecule has 6 nitrogen and oxygen atoms in total. The lowest BCUT2D eigenvalue weighted by atomic mass is 10.2. The summed E-state index contributed by atoms with van der Waals surface area (Å²) in [7, 11) is -3.05. The van der Waals surface area contributed by atoms with Crippen molar-refractivity contribution >= 4 is 39.8 Å². The van der Waals surface area contributed by atoms with Crippen LogP contribution in [0.4, 0.5) is 0 Å². The van der Waals surface area contributed by atoms with E-state index in [1.54, 1.807) is 13.8 Å². The van der Waals surface area contributed by atoms with Gasteiger partial charge in [-0.3, -0.25) is 4.98 Å². The number of sulfone groups is 1. The summed E-state index contributed by atoms with van der Waals surface area (Å²) in [6.07, 6.45) is 1.83. The molecule has 0 radical (unpaired) electrons. The van der Waals surface area contributed by atoms with Crippen LogP contribution >= 0.6 is 24.0 Å². The third-order valence-corrected chi connectivity index (χ3v) is 6.59. The van der Waals surface area contributed by atoms with E-state index in [0.717, 1.165) is 23.8 Å². The molecule has 0 bridgehead atoms. The summed E-state index contributed by atoms with van der Waals surface area (Å²) in [6, 6.07) is 3.98. The Morgan fingerprint density at radius 3 is 2.67 bits per heavy atom. The minimum Gasteiger partial charge on any atom is -0.357 e. The Hall–Kier alpha value is -0.900. The molecule has 1 aliphatic rings. The van der Waals surface area contributed by atoms with Crippen LogP contribution in [0.2, 0.25) is 0 Å². The fourth-order valence-corrected chi connectivity index (χ4v) is 3.87. The van der Waals surface area contributed by atoms with Gasteiger partial charge in [-0.2, -0.15) is 0 Å². The van der Waals surface area contributed by atoms with Crippen molar-refractivity contribution in [3.63, 3.8) is 0 Å². The van der Waals surface area contributed by atoms with Crippen molar-refractivity contribution in [1.29, 1.82) is 0 Å². The Morgan fingerprint density at radius 2 is 2.12 bits per heavy atom. The van der Waals surface area contributed by atoms with Gasteiger partial charge < -0.3 is 10.2 Å². The molecular weight excluding hydrogens is 439 g/mol. The van der Waals surface area contributed by atoms with Crippen molar-refractivity contribution in [2.75, 3.05) is 25.4 Å². The zero-order valence-electron chi connectivity index (χ0n) is 14.7. The number of aliphatic imine (C=N–C) groups is 1. The van der Waals surface area contributed by atoms with E-state index >= 15 is 0 Å². The normalized spacial score (nSPS) is 19.5. The van der Waals surface area contributed by atoms with Gasteiger partial charge in [0.05, 0.1) is 17.0 Å². The number of hydrogen-bond acceptors (Lipinski definition) is 4. The highest BCUT2D eigenvalue weighted by atomic mass is 127. The number of nitrogens with zero attached hydrogens (tertiary/aromatic N) is 3. The highest BCUT2D eigenvalue weighted by Crippen LogP contribution is 2.23. The van der Waals surface area contributed by atoms with E-state index in [2.05, 4.69) is 15.3 Å². The van der Waals surface area contributed by atoms with Gasteiger partial charge in [-0.05, 0) is 39.3 Å². The lowest BCUT2D eigenvalue weighted by Crippen LogP contribution is -2.57. The van der Waals surface area contributed by atoms with Gasteiger partial charge in [-0.1, -0.05) is 6.07 Å². The Bertz CT molecular complexity index is 672. The molecule has 0 aliphatic carbocycles. The molecule has 2 heterocycles. The first kappa shape index (κ1) is 21.1. The van der Waals surface area contributed by atoms with Crippen LogP contribution in [0.1, 0.15) is 32.0 Å². The van der Waals surface area contributed by atoms with E-state index in [1.165, 1.54) is 0 Å². The van der Waals surface area contributed by atoms with Crippen LogP contribution in [0.5, 0.6) is 0 Å². The summed E-state index contributed by atoms with van der Waals surface area (Å²) < 4.78 is 23.5. The predicted octanol–water partition coefficient (Wildman–Crippen LogP) is 1.98. The molecule has 0 spiro atoms. The van der Waals surface area contributed by atoms with Gasteiger partial charge in [0.1, 0.15) is 0 Å². The number of halogens is 1. The second-order valence-corrected chi connectivity index (χ2v) is 9.22. The van der Waals surface area contributed by atoms with Gasteiger partial charge in [0.2, 0.25) is 0 Å². The highest BCUT2D eigenvalue weighted by Gasteiger charge is 2.40. The number of aromatic nitrogens is 1. The molecule has 1 aromatic rings. The van der Waals surface area contributed by atoms with Gasteiger partial charge in [-0.25, -0.2) is 13.4 Å². The molecule has 136 valence electrons. The molecule has 0 saturated carbocycles. The summed E-state index contributed by atoms with van der Waals surface area (Å²) in [5.41, 5.74) is 2.02. The van der Waals surface area contributed by atoms with Crippen LogP contribution in [0.15, 0.2) is 23.3 Å². The highest BCUT2D eigenvalue weighted by molar-refractivity contribution is 14.0. The van der Waals surface area contributed by atoms with Crippen LogP contribution in [0.25, 0.3) is 0 Å². The summed E-state index contributed by atoms with van der Waals surface area (Å²) >= 11 is 0. The summed E-state index contributed by atoms with van der Waals surface area (Å²) in [5, 5.41) is 3.26. The summed E-state index contributed by atoms with van der Waals surface area (Å²) in [4.78, 5) is 11.0. The molecule has 24 heavy (non-hydrogen) atoms. The molecule has 1 fully saturated rings. The molecule has 1 aliphatic heterocycles. The lowest BCUT2D eigenvalue weighted by Gasteiger charge is -2.39. The van der Waals surface area contributed by atoms with Gasteiger partial charge in [0, 0.05) is 31.5 Å². The van der Waals surface area contributed by atoms with E-state index in [9.17, 15) is 8.42 Å². The summed E-state index contributed by atoms with van der Waals surface area (Å²) in [5.74, 6) is 0.923. The second-order valence-electron chi connectivity index (χ2n) is 6.48. The molecule has 1 N–H and O–H groups in total. The maximum Gasteiger partial charge on any atom is 0.194 e. The predicted molar refractivity (Wildman–Crippen MR) is 109 cm³/mol. The average molecular weight is 466 g/mol. The van der Waals surface area contributed by atoms with Crippen LogP contribution in [0.3, 0.4) is 0 Å². The maximum absolute atomic E-state index is 12.1. The first-order valence-corrected chi connectivity index (χ1v) is 9.57. The molecule has 0 atom stereocenters. The number of pyridine rings is 1. The molecule has 0 aromatic carbocycles. The smallest absolute Gasteiger partial charge is 0.194 e. The molecular formula is C16H27IN4O2S. The molecule has 1 aromatic heterocycles. The number of nitrogens with one attached hydrogen (secondary N) is 1. The van der Waals surface area contributed by atoms with Gasteiger partial charge >= 0.3 is 0 Å². The topological polar surface area (TPSA) is 74.7 Å². The van der Waals surface area contributed by atoms with Crippen LogP contribution < -0.4 is 5.32 Å². The number of rotatable bonds is 3. The maximum atomic E-state index is 12.1.